The Labute approximate surface area is 85.1 Å². The lowest BCUT2D eigenvalue weighted by Crippen LogP contribution is -1.85. The molecule has 0 spiro atoms. The van der Waals surface area contributed by atoms with E-state index in [9.17, 15) is 14.8 Å². The number of phenolic OH excluding ortho intramolecular Hbond substituents is 1. The second-order valence-corrected chi connectivity index (χ2v) is 3.09. The van der Waals surface area contributed by atoms with Crippen molar-refractivity contribution >= 4 is 22.7 Å². The molecule has 0 saturated heterocycles. The van der Waals surface area contributed by atoms with Crippen LogP contribution in [-0.2, 0) is 0 Å². The Hall–Kier alpha value is -2.23. The van der Waals surface area contributed by atoms with Crippen LogP contribution in [0.15, 0.2) is 35.5 Å². The van der Waals surface area contributed by atoms with E-state index < -0.39 is 0 Å². The first-order chi connectivity index (χ1) is 7.27. The molecule has 0 radical (unpaired) electrons. The second kappa shape index (κ2) is 3.49. The summed E-state index contributed by atoms with van der Waals surface area (Å²) in [5.74, 6) is -0.362. The molecule has 0 atom stereocenters. The van der Waals surface area contributed by atoms with Crippen LogP contribution in [-0.4, -0.2) is 11.4 Å². The highest BCUT2D eigenvalue weighted by Crippen LogP contribution is 2.35. The van der Waals surface area contributed by atoms with E-state index in [0.717, 1.165) is 0 Å². The number of fused-ring (bicyclic) bond motifs is 1. The van der Waals surface area contributed by atoms with Crippen molar-refractivity contribution in [3.63, 3.8) is 0 Å². The Morgan fingerprint density at radius 3 is 2.67 bits per heavy atom. The van der Waals surface area contributed by atoms with Crippen molar-refractivity contribution in [2.75, 3.05) is 0 Å². The van der Waals surface area contributed by atoms with Gasteiger partial charge in [0.25, 0.3) is 0 Å². The van der Waals surface area contributed by atoms with Gasteiger partial charge >= 0.3 is 0 Å². The summed E-state index contributed by atoms with van der Waals surface area (Å²) >= 11 is 0. The van der Waals surface area contributed by atoms with Crippen molar-refractivity contribution in [2.24, 2.45) is 5.18 Å². The molecule has 15 heavy (non-hydrogen) atoms. The predicted molar refractivity (Wildman–Crippen MR) is 56.5 cm³/mol. The van der Waals surface area contributed by atoms with Crippen molar-refractivity contribution in [3.8, 4) is 5.75 Å². The van der Waals surface area contributed by atoms with Gasteiger partial charge in [-0.25, -0.2) is 0 Å². The molecule has 0 bridgehead atoms. The third kappa shape index (κ3) is 1.36. The van der Waals surface area contributed by atoms with Crippen molar-refractivity contribution in [2.45, 2.75) is 0 Å². The van der Waals surface area contributed by atoms with Gasteiger partial charge in [0.15, 0.2) is 17.7 Å². The summed E-state index contributed by atoms with van der Waals surface area (Å²) in [6.07, 6.45) is 0.520. The molecule has 0 heterocycles. The molecule has 74 valence electrons. The number of phenols is 1. The van der Waals surface area contributed by atoms with Gasteiger partial charge in [0.05, 0.1) is 5.56 Å². The summed E-state index contributed by atoms with van der Waals surface area (Å²) < 4.78 is 0. The molecular weight excluding hydrogens is 194 g/mol. The Kier molecular flexibility index (Phi) is 2.17. The van der Waals surface area contributed by atoms with E-state index in [-0.39, 0.29) is 17.0 Å². The standard InChI is InChI=1S/C11H7NO3/c13-6-9-8-4-2-1-3-7(8)5-10(12-15)11(9)14/h1-6,14H. The van der Waals surface area contributed by atoms with Crippen molar-refractivity contribution in [1.82, 2.24) is 0 Å². The fourth-order valence-corrected chi connectivity index (χ4v) is 1.54. The lowest BCUT2D eigenvalue weighted by Gasteiger charge is -2.04. The first-order valence-corrected chi connectivity index (χ1v) is 4.31. The van der Waals surface area contributed by atoms with Gasteiger partial charge in [0.1, 0.15) is 0 Å². The van der Waals surface area contributed by atoms with E-state index in [1.54, 1.807) is 24.3 Å². The Balaban J connectivity index is 2.95. The number of carbonyl (C=O) groups excluding carboxylic acids is 1. The number of aldehydes is 1. The first kappa shape index (κ1) is 9.33. The van der Waals surface area contributed by atoms with Crippen LogP contribution in [0.5, 0.6) is 5.75 Å². The maximum Gasteiger partial charge on any atom is 0.155 e. The van der Waals surface area contributed by atoms with Crippen molar-refractivity contribution in [1.29, 1.82) is 0 Å². The number of hydrogen-bond donors (Lipinski definition) is 1. The van der Waals surface area contributed by atoms with Gasteiger partial charge in [-0.1, -0.05) is 24.3 Å². The van der Waals surface area contributed by atoms with Gasteiger partial charge in [-0.3, -0.25) is 4.79 Å². The Morgan fingerprint density at radius 1 is 1.27 bits per heavy atom. The molecule has 1 N–H and O–H groups in total. The number of hydrogen-bond acceptors (Lipinski definition) is 4. The number of nitroso groups, excluding NO2 is 1. The molecule has 2 rings (SSSR count). The van der Waals surface area contributed by atoms with Crippen LogP contribution in [0.4, 0.5) is 5.69 Å². The van der Waals surface area contributed by atoms with Gasteiger partial charge in [-0.15, -0.1) is 4.91 Å². The van der Waals surface area contributed by atoms with E-state index in [1.165, 1.54) is 6.07 Å². The summed E-state index contributed by atoms with van der Waals surface area (Å²) in [4.78, 5) is 21.2. The highest BCUT2D eigenvalue weighted by Gasteiger charge is 2.11. The molecule has 2 aromatic rings. The minimum atomic E-state index is -0.362. The maximum absolute atomic E-state index is 10.8. The smallest absolute Gasteiger partial charge is 0.155 e. The summed E-state index contributed by atoms with van der Waals surface area (Å²) in [7, 11) is 0. The van der Waals surface area contributed by atoms with Crippen LogP contribution in [0, 0.1) is 4.91 Å². The topological polar surface area (TPSA) is 66.7 Å². The zero-order valence-electron chi connectivity index (χ0n) is 7.68. The normalized spacial score (nSPS) is 10.1. The largest absolute Gasteiger partial charge is 0.505 e. The quantitative estimate of drug-likeness (QED) is 0.600. The molecule has 0 fully saturated rings. The monoisotopic (exact) mass is 201 g/mol. The van der Waals surface area contributed by atoms with Gasteiger partial charge in [-0.05, 0) is 22.0 Å². The molecule has 0 unspecified atom stereocenters. The van der Waals surface area contributed by atoms with Crippen molar-refractivity contribution in [3.05, 3.63) is 40.8 Å². The molecule has 0 amide bonds. The van der Waals surface area contributed by atoms with Crippen LogP contribution in [0.3, 0.4) is 0 Å². The summed E-state index contributed by atoms with van der Waals surface area (Å²) in [6.45, 7) is 0. The zero-order chi connectivity index (χ0) is 10.8. The number of aromatic hydroxyl groups is 1. The summed E-state index contributed by atoms with van der Waals surface area (Å²) in [6, 6.07) is 8.43. The molecule has 0 aromatic heterocycles. The van der Waals surface area contributed by atoms with Crippen LogP contribution >= 0.6 is 0 Å². The summed E-state index contributed by atoms with van der Waals surface area (Å²) in [5.41, 5.74) is -0.0153. The molecule has 0 aliphatic heterocycles. The third-order valence-corrected chi connectivity index (χ3v) is 2.26. The Bertz CT molecular complexity index is 549. The van der Waals surface area contributed by atoms with Crippen molar-refractivity contribution < 1.29 is 9.90 Å². The zero-order valence-corrected chi connectivity index (χ0v) is 7.68. The average Bonchev–Trinajstić information content (AvgIpc) is 2.28. The highest BCUT2D eigenvalue weighted by atomic mass is 16.3. The molecule has 0 aliphatic rings. The van der Waals surface area contributed by atoms with Crippen LogP contribution < -0.4 is 0 Å². The predicted octanol–water partition coefficient (Wildman–Crippen LogP) is 2.76. The van der Waals surface area contributed by atoms with Crippen LogP contribution in [0.25, 0.3) is 10.8 Å². The maximum atomic E-state index is 10.8. The van der Waals surface area contributed by atoms with E-state index >= 15 is 0 Å². The molecular formula is C11H7NO3. The number of rotatable bonds is 2. The van der Waals surface area contributed by atoms with E-state index in [2.05, 4.69) is 5.18 Å². The lowest BCUT2D eigenvalue weighted by molar-refractivity contribution is 0.112. The van der Waals surface area contributed by atoms with Gasteiger partial charge < -0.3 is 5.11 Å². The van der Waals surface area contributed by atoms with Crippen LogP contribution in [0.1, 0.15) is 10.4 Å². The SMILES string of the molecule is O=Cc1c(O)c(N=O)cc2ccccc12. The number of benzene rings is 2. The fraction of sp³-hybridized carbons (Fsp3) is 0. The van der Waals surface area contributed by atoms with Gasteiger partial charge in [0.2, 0.25) is 0 Å². The van der Waals surface area contributed by atoms with E-state index in [0.29, 0.717) is 17.1 Å². The average molecular weight is 201 g/mol. The number of carbonyl (C=O) groups is 1. The lowest BCUT2D eigenvalue weighted by atomic mass is 10.0. The molecule has 2 aromatic carbocycles. The first-order valence-electron chi connectivity index (χ1n) is 4.31. The third-order valence-electron chi connectivity index (χ3n) is 2.26. The minimum Gasteiger partial charge on any atom is -0.505 e. The van der Waals surface area contributed by atoms with E-state index in [4.69, 9.17) is 0 Å². The minimum absolute atomic E-state index is 0.0997. The second-order valence-electron chi connectivity index (χ2n) is 3.09. The van der Waals surface area contributed by atoms with Gasteiger partial charge in [0, 0.05) is 0 Å². The Morgan fingerprint density at radius 2 is 2.00 bits per heavy atom. The number of nitrogens with zero attached hydrogens (tertiary/aromatic N) is 1. The molecule has 0 saturated carbocycles. The fourth-order valence-electron chi connectivity index (χ4n) is 1.54. The van der Waals surface area contributed by atoms with E-state index in [1.807, 2.05) is 0 Å². The molecule has 4 heteroatoms. The summed E-state index contributed by atoms with van der Waals surface area (Å²) in [5, 5.41) is 13.5. The van der Waals surface area contributed by atoms with Crippen LogP contribution in [0.2, 0.25) is 0 Å². The van der Waals surface area contributed by atoms with Gasteiger partial charge in [-0.2, -0.15) is 0 Å². The molecule has 4 nitrogen and oxygen atoms in total. The molecule has 0 aliphatic carbocycles. The highest BCUT2D eigenvalue weighted by molar-refractivity contribution is 6.03.